The molecule has 0 bridgehead atoms. The maximum Gasteiger partial charge on any atom is 0.258 e. The number of carbonyl (C=O) groups excluding carboxylic acids is 1. The van der Waals surface area contributed by atoms with E-state index in [1.54, 1.807) is 17.0 Å². The van der Waals surface area contributed by atoms with Crippen LogP contribution in [0, 0.1) is 5.82 Å². The van der Waals surface area contributed by atoms with Gasteiger partial charge in [-0.3, -0.25) is 4.79 Å². The maximum absolute atomic E-state index is 13.7. The quantitative estimate of drug-likeness (QED) is 0.741. The summed E-state index contributed by atoms with van der Waals surface area (Å²) in [6.45, 7) is 4.38. The Hall–Kier alpha value is -0.420. The molecule has 0 saturated carbocycles. The molecule has 0 aliphatic rings. The van der Waals surface area contributed by atoms with Crippen molar-refractivity contribution in [3.05, 3.63) is 34.1 Å². The first-order chi connectivity index (χ1) is 7.99. The monoisotopic (exact) mass is 365 g/mol. The van der Waals surface area contributed by atoms with Crippen molar-refractivity contribution in [1.82, 2.24) is 4.90 Å². The molecule has 0 aromatic heterocycles. The molecule has 1 amide bonds. The van der Waals surface area contributed by atoms with Crippen LogP contribution in [0.2, 0.25) is 0 Å². The largest absolute Gasteiger partial charge is 0.335 e. The Kier molecular flexibility index (Phi) is 5.59. The van der Waals surface area contributed by atoms with Crippen LogP contribution in [0.3, 0.4) is 0 Å². The molecule has 0 atom stereocenters. The summed E-state index contributed by atoms with van der Waals surface area (Å²) in [5, 5.41) is 0.670. The normalized spacial score (nSPS) is 10.7. The second-order valence-electron chi connectivity index (χ2n) is 3.88. The highest BCUT2D eigenvalue weighted by molar-refractivity contribution is 9.10. The molecule has 1 aromatic rings. The molecule has 0 heterocycles. The van der Waals surface area contributed by atoms with Crippen molar-refractivity contribution in [2.75, 3.05) is 11.9 Å². The fourth-order valence-electron chi connectivity index (χ4n) is 1.53. The third kappa shape index (κ3) is 3.52. The highest BCUT2D eigenvalue weighted by Crippen LogP contribution is 2.22. The summed E-state index contributed by atoms with van der Waals surface area (Å²) < 4.78 is 14.2. The lowest BCUT2D eigenvalue weighted by molar-refractivity contribution is 0.0713. The minimum Gasteiger partial charge on any atom is -0.335 e. The summed E-state index contributed by atoms with van der Waals surface area (Å²) >= 11 is 6.51. The zero-order valence-corrected chi connectivity index (χ0v) is 12.9. The van der Waals surface area contributed by atoms with Gasteiger partial charge >= 0.3 is 0 Å². The molecule has 1 aromatic carbocycles. The minimum atomic E-state index is -0.496. The lowest BCUT2D eigenvalue weighted by Crippen LogP contribution is -2.38. The van der Waals surface area contributed by atoms with E-state index in [1.807, 2.05) is 13.8 Å². The van der Waals surface area contributed by atoms with Crippen LogP contribution >= 0.6 is 31.9 Å². The second kappa shape index (κ2) is 6.50. The Labute approximate surface area is 117 Å². The van der Waals surface area contributed by atoms with Crippen molar-refractivity contribution in [3.8, 4) is 0 Å². The average molecular weight is 367 g/mol. The molecular weight excluding hydrogens is 353 g/mol. The molecule has 0 saturated heterocycles. The number of benzene rings is 1. The summed E-state index contributed by atoms with van der Waals surface area (Å²) in [6, 6.07) is 4.57. The van der Waals surface area contributed by atoms with Gasteiger partial charge in [-0.25, -0.2) is 4.39 Å². The van der Waals surface area contributed by atoms with Gasteiger partial charge in [0.15, 0.2) is 0 Å². The summed E-state index contributed by atoms with van der Waals surface area (Å²) in [5.74, 6) is -0.783. The molecule has 0 fully saturated rings. The molecule has 0 spiro atoms. The van der Waals surface area contributed by atoms with Gasteiger partial charge in [0.2, 0.25) is 0 Å². The second-order valence-corrected chi connectivity index (χ2v) is 5.53. The summed E-state index contributed by atoms with van der Waals surface area (Å²) in [5.41, 5.74) is 0.0992. The van der Waals surface area contributed by atoms with Gasteiger partial charge < -0.3 is 4.90 Å². The van der Waals surface area contributed by atoms with E-state index in [1.165, 1.54) is 6.07 Å². The van der Waals surface area contributed by atoms with Crippen molar-refractivity contribution in [3.63, 3.8) is 0 Å². The molecule has 0 aliphatic heterocycles. The van der Waals surface area contributed by atoms with E-state index in [0.29, 0.717) is 16.3 Å². The number of hydrogen-bond acceptors (Lipinski definition) is 1. The molecular formula is C12H14Br2FNO. The van der Waals surface area contributed by atoms with Crippen LogP contribution in [0.4, 0.5) is 4.39 Å². The van der Waals surface area contributed by atoms with Crippen LogP contribution in [-0.4, -0.2) is 28.7 Å². The van der Waals surface area contributed by atoms with Crippen LogP contribution in [0.25, 0.3) is 0 Å². The Morgan fingerprint density at radius 3 is 2.59 bits per heavy atom. The zero-order chi connectivity index (χ0) is 13.0. The van der Waals surface area contributed by atoms with Gasteiger partial charge in [0, 0.05) is 22.4 Å². The van der Waals surface area contributed by atoms with Gasteiger partial charge in [0.1, 0.15) is 5.82 Å². The van der Waals surface area contributed by atoms with E-state index in [0.717, 1.165) is 0 Å². The number of carbonyl (C=O) groups is 1. The van der Waals surface area contributed by atoms with E-state index in [4.69, 9.17) is 0 Å². The SMILES string of the molecule is CC(C)N(CCBr)C(=O)c1c(F)cccc1Br. The van der Waals surface area contributed by atoms with Crippen LogP contribution in [0.15, 0.2) is 22.7 Å². The number of rotatable bonds is 4. The lowest BCUT2D eigenvalue weighted by atomic mass is 10.1. The van der Waals surface area contributed by atoms with Crippen LogP contribution in [-0.2, 0) is 0 Å². The van der Waals surface area contributed by atoms with E-state index in [2.05, 4.69) is 31.9 Å². The van der Waals surface area contributed by atoms with Gasteiger partial charge in [0.25, 0.3) is 5.91 Å². The third-order valence-corrected chi connectivity index (χ3v) is 3.40. The number of amides is 1. The number of halogens is 3. The molecule has 0 radical (unpaired) electrons. The Morgan fingerprint density at radius 1 is 1.47 bits per heavy atom. The molecule has 5 heteroatoms. The highest BCUT2D eigenvalue weighted by Gasteiger charge is 2.23. The molecule has 1 rings (SSSR count). The van der Waals surface area contributed by atoms with Crippen molar-refractivity contribution in [2.24, 2.45) is 0 Å². The van der Waals surface area contributed by atoms with Gasteiger partial charge in [-0.1, -0.05) is 22.0 Å². The standard InChI is InChI=1S/C12H14Br2FNO/c1-8(2)16(7-6-13)12(17)11-9(14)4-3-5-10(11)15/h3-5,8H,6-7H2,1-2H3. The molecule has 2 nitrogen and oxygen atoms in total. The van der Waals surface area contributed by atoms with Gasteiger partial charge in [0.05, 0.1) is 5.56 Å². The summed E-state index contributed by atoms with van der Waals surface area (Å²) in [6.07, 6.45) is 0. The van der Waals surface area contributed by atoms with Crippen molar-refractivity contribution >= 4 is 37.8 Å². The molecule has 0 aliphatic carbocycles. The number of hydrogen-bond donors (Lipinski definition) is 0. The molecule has 0 N–H and O–H groups in total. The first-order valence-corrected chi connectivity index (χ1v) is 7.21. The van der Waals surface area contributed by atoms with Crippen molar-refractivity contribution in [2.45, 2.75) is 19.9 Å². The maximum atomic E-state index is 13.7. The first kappa shape index (κ1) is 14.6. The lowest BCUT2D eigenvalue weighted by Gasteiger charge is -2.26. The number of alkyl halides is 1. The summed E-state index contributed by atoms with van der Waals surface area (Å²) in [4.78, 5) is 13.9. The van der Waals surface area contributed by atoms with Gasteiger partial charge in [-0.05, 0) is 41.9 Å². The predicted octanol–water partition coefficient (Wildman–Crippen LogP) is 3.83. The highest BCUT2D eigenvalue weighted by atomic mass is 79.9. The van der Waals surface area contributed by atoms with Crippen LogP contribution < -0.4 is 0 Å². The minimum absolute atomic E-state index is 0.0338. The smallest absolute Gasteiger partial charge is 0.258 e. The Balaban J connectivity index is 3.09. The van der Waals surface area contributed by atoms with Crippen LogP contribution in [0.1, 0.15) is 24.2 Å². The average Bonchev–Trinajstić information content (AvgIpc) is 2.24. The van der Waals surface area contributed by atoms with Crippen molar-refractivity contribution < 1.29 is 9.18 Å². The molecule has 17 heavy (non-hydrogen) atoms. The molecule has 0 unspecified atom stereocenters. The van der Waals surface area contributed by atoms with E-state index in [9.17, 15) is 9.18 Å². The Bertz CT molecular complexity index is 389. The number of nitrogens with zero attached hydrogens (tertiary/aromatic N) is 1. The van der Waals surface area contributed by atoms with E-state index in [-0.39, 0.29) is 17.5 Å². The first-order valence-electron chi connectivity index (χ1n) is 5.30. The zero-order valence-electron chi connectivity index (χ0n) is 9.71. The topological polar surface area (TPSA) is 20.3 Å². The van der Waals surface area contributed by atoms with Crippen LogP contribution in [0.5, 0.6) is 0 Å². The van der Waals surface area contributed by atoms with Gasteiger partial charge in [-0.15, -0.1) is 0 Å². The fourth-order valence-corrected chi connectivity index (χ4v) is 2.42. The fraction of sp³-hybridized carbons (Fsp3) is 0.417. The van der Waals surface area contributed by atoms with E-state index < -0.39 is 5.82 Å². The van der Waals surface area contributed by atoms with E-state index >= 15 is 0 Å². The summed E-state index contributed by atoms with van der Waals surface area (Å²) in [7, 11) is 0. The predicted molar refractivity (Wildman–Crippen MR) is 74.1 cm³/mol. The Morgan fingerprint density at radius 2 is 2.12 bits per heavy atom. The molecule has 94 valence electrons. The van der Waals surface area contributed by atoms with Crippen molar-refractivity contribution in [1.29, 1.82) is 0 Å². The van der Waals surface area contributed by atoms with Gasteiger partial charge in [-0.2, -0.15) is 0 Å². The third-order valence-electron chi connectivity index (χ3n) is 2.39.